The largest absolute Gasteiger partial charge is 0.495 e. The maximum Gasteiger partial charge on any atom is 0.339 e. The van der Waals surface area contributed by atoms with Crippen molar-refractivity contribution < 1.29 is 19.1 Å². The van der Waals surface area contributed by atoms with Crippen LogP contribution in [0.3, 0.4) is 0 Å². The Bertz CT molecular complexity index is 678. The zero-order valence-corrected chi connectivity index (χ0v) is 13.8. The van der Waals surface area contributed by atoms with Gasteiger partial charge in [0.2, 0.25) is 0 Å². The molecule has 122 valence electrons. The van der Waals surface area contributed by atoms with Crippen LogP contribution in [0.5, 0.6) is 5.75 Å². The molecule has 1 aliphatic rings. The first-order chi connectivity index (χ1) is 11.2. The van der Waals surface area contributed by atoms with Gasteiger partial charge in [0.25, 0.3) is 0 Å². The summed E-state index contributed by atoms with van der Waals surface area (Å²) in [7, 11) is 1.50. The Kier molecular flexibility index (Phi) is 4.93. The van der Waals surface area contributed by atoms with Gasteiger partial charge in [0.1, 0.15) is 11.3 Å². The topological polar surface area (TPSA) is 62.9 Å². The number of benzene rings is 1. The molecule has 23 heavy (non-hydrogen) atoms. The van der Waals surface area contributed by atoms with Gasteiger partial charge in [-0.3, -0.25) is 4.31 Å². The Morgan fingerprint density at radius 1 is 1.35 bits per heavy atom. The molecule has 0 bridgehead atoms. The van der Waals surface area contributed by atoms with Gasteiger partial charge in [-0.25, -0.2) is 4.79 Å². The quantitative estimate of drug-likeness (QED) is 0.809. The Balaban J connectivity index is 1.94. The molecule has 5 nitrogen and oxygen atoms in total. The van der Waals surface area contributed by atoms with Crippen LogP contribution in [0.1, 0.15) is 28.8 Å². The van der Waals surface area contributed by atoms with Gasteiger partial charge in [-0.05, 0) is 24.5 Å². The van der Waals surface area contributed by atoms with Gasteiger partial charge in [0, 0.05) is 30.0 Å². The molecule has 0 aliphatic carbocycles. The molecule has 1 fully saturated rings. The first-order valence-corrected chi connectivity index (χ1v) is 8.48. The highest BCUT2D eigenvalue weighted by molar-refractivity contribution is 7.96. The minimum absolute atomic E-state index is 0.234. The van der Waals surface area contributed by atoms with Crippen LogP contribution in [0, 0.1) is 0 Å². The van der Waals surface area contributed by atoms with Crippen LogP contribution < -0.4 is 4.74 Å². The van der Waals surface area contributed by atoms with Gasteiger partial charge in [0.15, 0.2) is 0 Å². The summed E-state index contributed by atoms with van der Waals surface area (Å²) in [5.74, 6) is 0.0477. The Morgan fingerprint density at radius 3 is 2.74 bits per heavy atom. The van der Waals surface area contributed by atoms with Crippen LogP contribution in [0.25, 0.3) is 11.1 Å². The number of hydrogen-bond donors (Lipinski definition) is 1. The van der Waals surface area contributed by atoms with Crippen molar-refractivity contribution in [3.63, 3.8) is 0 Å². The summed E-state index contributed by atoms with van der Waals surface area (Å²) >= 11 is 1.69. The van der Waals surface area contributed by atoms with Crippen LogP contribution in [0.15, 0.2) is 35.1 Å². The fourth-order valence-corrected chi connectivity index (χ4v) is 3.89. The van der Waals surface area contributed by atoms with Crippen molar-refractivity contribution in [3.8, 4) is 16.9 Å². The highest BCUT2D eigenvalue weighted by Crippen LogP contribution is 2.37. The van der Waals surface area contributed by atoms with Crippen LogP contribution >= 0.6 is 11.9 Å². The third-order valence-corrected chi connectivity index (χ3v) is 5.13. The molecule has 1 N–H and O–H groups in total. The average molecular weight is 333 g/mol. The molecule has 0 unspecified atom stereocenters. The van der Waals surface area contributed by atoms with E-state index in [1.807, 2.05) is 12.1 Å². The minimum atomic E-state index is -0.968. The second-order valence-electron chi connectivity index (χ2n) is 5.41. The molecular formula is C17H19NO4S. The second kappa shape index (κ2) is 7.10. The summed E-state index contributed by atoms with van der Waals surface area (Å²) in [5.41, 5.74) is 2.55. The van der Waals surface area contributed by atoms with E-state index in [1.165, 1.54) is 20.0 Å². The molecule has 1 saturated heterocycles. The Morgan fingerprint density at radius 2 is 2.13 bits per heavy atom. The van der Waals surface area contributed by atoms with Gasteiger partial charge in [-0.1, -0.05) is 24.1 Å². The van der Waals surface area contributed by atoms with Crippen LogP contribution in [-0.4, -0.2) is 35.6 Å². The molecule has 0 atom stereocenters. The smallest absolute Gasteiger partial charge is 0.339 e. The number of carboxylic acids is 1. The molecule has 6 heteroatoms. The normalized spacial score (nSPS) is 15.0. The van der Waals surface area contributed by atoms with Crippen molar-refractivity contribution in [2.24, 2.45) is 0 Å². The van der Waals surface area contributed by atoms with Gasteiger partial charge < -0.3 is 14.3 Å². The molecular weight excluding hydrogens is 314 g/mol. The number of rotatable bonds is 6. The Labute approximate surface area is 139 Å². The molecule has 1 aromatic carbocycles. The fraction of sp³-hybridized carbons (Fsp3) is 0.353. The lowest BCUT2D eigenvalue weighted by Crippen LogP contribution is -2.11. The highest BCUT2D eigenvalue weighted by atomic mass is 32.2. The molecule has 2 aromatic rings. The van der Waals surface area contributed by atoms with Crippen LogP contribution in [0.2, 0.25) is 0 Å². The van der Waals surface area contributed by atoms with Crippen molar-refractivity contribution in [3.05, 3.63) is 41.9 Å². The number of methoxy groups -OCH3 is 1. The number of furan rings is 1. The molecule has 2 heterocycles. The summed E-state index contributed by atoms with van der Waals surface area (Å²) in [5, 5.41) is 9.67. The maximum absolute atomic E-state index is 11.8. The summed E-state index contributed by atoms with van der Waals surface area (Å²) in [6, 6.07) is 5.56. The second-order valence-corrected chi connectivity index (χ2v) is 6.47. The predicted molar refractivity (Wildman–Crippen MR) is 89.8 cm³/mol. The van der Waals surface area contributed by atoms with Crippen LogP contribution in [0.4, 0.5) is 0 Å². The van der Waals surface area contributed by atoms with Crippen molar-refractivity contribution in [2.75, 3.05) is 20.2 Å². The van der Waals surface area contributed by atoms with Crippen LogP contribution in [-0.2, 0) is 5.75 Å². The van der Waals surface area contributed by atoms with Gasteiger partial charge in [-0.2, -0.15) is 0 Å². The third-order valence-electron chi connectivity index (χ3n) is 3.96. The summed E-state index contributed by atoms with van der Waals surface area (Å²) < 4.78 is 12.8. The molecule has 1 aliphatic heterocycles. The van der Waals surface area contributed by atoms with Crippen molar-refractivity contribution in [2.45, 2.75) is 18.6 Å². The van der Waals surface area contributed by atoms with Crippen molar-refractivity contribution in [1.29, 1.82) is 0 Å². The highest BCUT2D eigenvalue weighted by Gasteiger charge is 2.22. The summed E-state index contributed by atoms with van der Waals surface area (Å²) in [6.45, 7) is 2.13. The van der Waals surface area contributed by atoms with E-state index >= 15 is 0 Å². The number of ether oxygens (including phenoxy) is 1. The fourth-order valence-electron chi connectivity index (χ4n) is 2.81. The first-order valence-electron chi connectivity index (χ1n) is 7.54. The maximum atomic E-state index is 11.8. The molecule has 0 radical (unpaired) electrons. The van der Waals surface area contributed by atoms with E-state index in [0.29, 0.717) is 11.5 Å². The standard InChI is InChI=1S/C17H19NO4S/c1-21-16-14(12-6-9-22-10-12)5-4-13(15(16)17(19)20)11-23-18-7-2-3-8-18/h4-6,9-10H,2-3,7-8,11H2,1H3,(H,19,20). The lowest BCUT2D eigenvalue weighted by molar-refractivity contribution is 0.0692. The number of hydrogen-bond acceptors (Lipinski definition) is 5. The molecule has 3 rings (SSSR count). The third kappa shape index (κ3) is 3.38. The summed E-state index contributed by atoms with van der Waals surface area (Å²) in [4.78, 5) is 11.8. The minimum Gasteiger partial charge on any atom is -0.495 e. The zero-order valence-electron chi connectivity index (χ0n) is 12.9. The lowest BCUT2D eigenvalue weighted by atomic mass is 9.99. The number of carboxylic acid groups (broad SMARTS) is 1. The van der Waals surface area contributed by atoms with Crippen molar-refractivity contribution in [1.82, 2.24) is 4.31 Å². The van der Waals surface area contributed by atoms with E-state index < -0.39 is 5.97 Å². The monoisotopic (exact) mass is 333 g/mol. The first kappa shape index (κ1) is 16.0. The Hall–Kier alpha value is -1.92. The summed E-state index contributed by atoms with van der Waals surface area (Å²) in [6.07, 6.45) is 5.57. The van der Waals surface area contributed by atoms with E-state index in [0.717, 1.165) is 29.8 Å². The molecule has 1 aromatic heterocycles. The van der Waals surface area contributed by atoms with Crippen molar-refractivity contribution >= 4 is 17.9 Å². The lowest BCUT2D eigenvalue weighted by Gasteiger charge is -2.17. The number of aromatic carboxylic acids is 1. The van der Waals surface area contributed by atoms with E-state index in [1.54, 1.807) is 30.5 Å². The van der Waals surface area contributed by atoms with Gasteiger partial charge >= 0.3 is 5.97 Å². The number of nitrogens with zero attached hydrogens (tertiary/aromatic N) is 1. The van der Waals surface area contributed by atoms with Gasteiger partial charge in [-0.15, -0.1) is 0 Å². The van der Waals surface area contributed by atoms with E-state index in [-0.39, 0.29) is 5.56 Å². The van der Waals surface area contributed by atoms with Gasteiger partial charge in [0.05, 0.1) is 19.6 Å². The molecule has 0 spiro atoms. The molecule has 0 saturated carbocycles. The van der Waals surface area contributed by atoms with E-state index in [4.69, 9.17) is 9.15 Å². The van der Waals surface area contributed by atoms with E-state index in [9.17, 15) is 9.90 Å². The average Bonchev–Trinajstić information content (AvgIpc) is 3.24. The molecule has 0 amide bonds. The van der Waals surface area contributed by atoms with E-state index in [2.05, 4.69) is 4.31 Å². The zero-order chi connectivity index (χ0) is 16.2. The predicted octanol–water partition coefficient (Wildman–Crippen LogP) is 3.90. The number of carbonyl (C=O) groups is 1. The SMILES string of the molecule is COc1c(-c2ccoc2)ccc(CSN2CCCC2)c1C(=O)O.